The number of halogens is 2. The van der Waals surface area contributed by atoms with E-state index in [4.69, 9.17) is 0 Å². The van der Waals surface area contributed by atoms with E-state index in [-0.39, 0.29) is 18.1 Å². The molecule has 162 valence electrons. The fourth-order valence-electron chi connectivity index (χ4n) is 4.04. The maximum atomic E-state index is 13.8. The molecule has 2 nitrogen and oxygen atoms in total. The Bertz CT molecular complexity index is 823. The Morgan fingerprint density at radius 3 is 2.57 bits per heavy atom. The van der Waals surface area contributed by atoms with Crippen molar-refractivity contribution in [2.75, 3.05) is 0 Å². The Hall–Kier alpha value is -2.36. The number of allylic oxidation sites excluding steroid dienone is 2. The molecule has 30 heavy (non-hydrogen) atoms. The van der Waals surface area contributed by atoms with Crippen LogP contribution < -0.4 is 0 Å². The highest BCUT2D eigenvalue weighted by atomic mass is 19.3. The summed E-state index contributed by atoms with van der Waals surface area (Å²) in [6, 6.07) is 9.57. The second-order valence-electron chi connectivity index (χ2n) is 8.31. The first-order chi connectivity index (χ1) is 14.2. The van der Waals surface area contributed by atoms with Crippen molar-refractivity contribution >= 4 is 11.5 Å². The molecule has 0 spiro atoms. The zero-order chi connectivity index (χ0) is 22.3. The van der Waals surface area contributed by atoms with Crippen molar-refractivity contribution in [3.8, 4) is 0 Å². The van der Waals surface area contributed by atoms with Crippen LogP contribution in [-0.2, 0) is 4.79 Å². The van der Waals surface area contributed by atoms with Gasteiger partial charge in [0.1, 0.15) is 6.04 Å². The maximum absolute atomic E-state index is 13.8. The lowest BCUT2D eigenvalue weighted by Gasteiger charge is -2.31. The van der Waals surface area contributed by atoms with Gasteiger partial charge in [-0.05, 0) is 48.3 Å². The fourth-order valence-corrected chi connectivity index (χ4v) is 4.04. The van der Waals surface area contributed by atoms with E-state index in [1.807, 2.05) is 18.2 Å². The van der Waals surface area contributed by atoms with Gasteiger partial charge in [0.05, 0.1) is 0 Å². The molecule has 1 saturated carbocycles. The van der Waals surface area contributed by atoms with Crippen LogP contribution in [0.5, 0.6) is 0 Å². The van der Waals surface area contributed by atoms with Crippen molar-refractivity contribution in [2.24, 2.45) is 10.9 Å². The van der Waals surface area contributed by atoms with Gasteiger partial charge >= 0.3 is 0 Å². The summed E-state index contributed by atoms with van der Waals surface area (Å²) in [5.74, 6) is -2.53. The fraction of sp³-hybridized carbons (Fsp3) is 0.462. The average Bonchev–Trinajstić information content (AvgIpc) is 2.71. The van der Waals surface area contributed by atoms with E-state index < -0.39 is 18.4 Å². The lowest BCUT2D eigenvalue weighted by molar-refractivity contribution is -0.115. The molecule has 0 aliphatic heterocycles. The Morgan fingerprint density at radius 1 is 1.33 bits per heavy atom. The number of ketones is 1. The maximum Gasteiger partial charge on any atom is 0.251 e. The number of aliphatic imine (C=N–C) groups is 1. The highest BCUT2D eigenvalue weighted by Crippen LogP contribution is 2.37. The van der Waals surface area contributed by atoms with Crippen molar-refractivity contribution in [3.63, 3.8) is 0 Å². The SMILES string of the molecule is C=CC(/N=C1\C(=C)C[C@H](c2ccccc2)C[C@@H]1C)C(=O)/C(C)=C/CC(F)(F)CCC. The summed E-state index contributed by atoms with van der Waals surface area (Å²) in [4.78, 5) is 17.5. The standard InChI is InChI=1S/C26H33F2NO/c1-6-14-26(27,28)15-13-18(3)25(30)23(7-2)29-24-19(4)16-22(17-20(24)5)21-11-9-8-10-12-21/h7-13,20,22-23H,2,4,6,14-17H2,1,3,5H3/b18-13+,29-24+/t20-,22-,23?/m0/s1. The second-order valence-corrected chi connectivity index (χ2v) is 8.31. The minimum atomic E-state index is -2.79. The average molecular weight is 414 g/mol. The van der Waals surface area contributed by atoms with Crippen LogP contribution in [0, 0.1) is 5.92 Å². The van der Waals surface area contributed by atoms with Gasteiger partial charge in [-0.3, -0.25) is 9.79 Å². The number of hydrogen-bond donors (Lipinski definition) is 0. The molecule has 0 saturated heterocycles. The number of rotatable bonds is 9. The Labute approximate surface area is 179 Å². The summed E-state index contributed by atoms with van der Waals surface area (Å²) in [7, 11) is 0. The molecule has 3 atom stereocenters. The van der Waals surface area contributed by atoms with Crippen LogP contribution in [0.25, 0.3) is 0 Å². The third-order valence-electron chi connectivity index (χ3n) is 5.71. The van der Waals surface area contributed by atoms with E-state index in [9.17, 15) is 13.6 Å². The molecule has 1 aromatic carbocycles. The normalized spacial score (nSPS) is 22.8. The third-order valence-corrected chi connectivity index (χ3v) is 5.71. The highest BCUT2D eigenvalue weighted by molar-refractivity contribution is 6.06. The van der Waals surface area contributed by atoms with Crippen molar-refractivity contribution < 1.29 is 13.6 Å². The predicted octanol–water partition coefficient (Wildman–Crippen LogP) is 7.09. The van der Waals surface area contributed by atoms with E-state index >= 15 is 0 Å². The lowest BCUT2D eigenvalue weighted by Crippen LogP contribution is -2.28. The molecule has 0 aromatic heterocycles. The molecule has 0 bridgehead atoms. The molecule has 1 aromatic rings. The summed E-state index contributed by atoms with van der Waals surface area (Å²) in [6.07, 6.45) is 4.33. The van der Waals surface area contributed by atoms with Crippen LogP contribution >= 0.6 is 0 Å². The molecule has 0 amide bonds. The number of Topliss-reactive ketones (excluding diaryl/α,β-unsaturated/α-hetero) is 1. The molecule has 1 fully saturated rings. The summed E-state index contributed by atoms with van der Waals surface area (Å²) in [5.41, 5.74) is 3.35. The van der Waals surface area contributed by atoms with E-state index in [0.717, 1.165) is 24.1 Å². The Kier molecular flexibility index (Phi) is 8.45. The summed E-state index contributed by atoms with van der Waals surface area (Å²) in [5, 5.41) is 0. The molecule has 1 aliphatic rings. The second kappa shape index (κ2) is 10.6. The quantitative estimate of drug-likeness (QED) is 0.314. The number of carbonyl (C=O) groups excluding carboxylic acids is 1. The highest BCUT2D eigenvalue weighted by Gasteiger charge is 2.30. The first kappa shape index (κ1) is 23.9. The monoisotopic (exact) mass is 413 g/mol. The van der Waals surface area contributed by atoms with Crippen LogP contribution in [0.3, 0.4) is 0 Å². The van der Waals surface area contributed by atoms with E-state index in [1.165, 1.54) is 17.7 Å². The van der Waals surface area contributed by atoms with Gasteiger partial charge in [0.2, 0.25) is 0 Å². The molecule has 1 aliphatic carbocycles. The number of carbonyl (C=O) groups is 1. The molecule has 0 radical (unpaired) electrons. The van der Waals surface area contributed by atoms with Gasteiger partial charge in [0.15, 0.2) is 5.78 Å². The van der Waals surface area contributed by atoms with E-state index in [0.29, 0.717) is 17.9 Å². The molecule has 0 heterocycles. The molecule has 4 heteroatoms. The van der Waals surface area contributed by atoms with Gasteiger partial charge in [0.25, 0.3) is 5.92 Å². The number of benzene rings is 1. The first-order valence-corrected chi connectivity index (χ1v) is 10.7. The number of nitrogens with zero attached hydrogens (tertiary/aromatic N) is 1. The minimum absolute atomic E-state index is 0.157. The van der Waals surface area contributed by atoms with Crippen LogP contribution in [0.2, 0.25) is 0 Å². The molecule has 2 rings (SSSR count). The zero-order valence-electron chi connectivity index (χ0n) is 18.3. The predicted molar refractivity (Wildman–Crippen MR) is 121 cm³/mol. The first-order valence-electron chi connectivity index (χ1n) is 10.7. The van der Waals surface area contributed by atoms with Crippen molar-refractivity contribution in [1.29, 1.82) is 0 Å². The zero-order valence-corrected chi connectivity index (χ0v) is 18.3. The van der Waals surface area contributed by atoms with Crippen LogP contribution in [0.1, 0.15) is 64.4 Å². The van der Waals surface area contributed by atoms with Gasteiger partial charge < -0.3 is 0 Å². The summed E-state index contributed by atoms with van der Waals surface area (Å²) in [6.45, 7) is 13.4. The lowest BCUT2D eigenvalue weighted by atomic mass is 9.75. The Morgan fingerprint density at radius 2 is 2.00 bits per heavy atom. The van der Waals surface area contributed by atoms with E-state index in [1.54, 1.807) is 13.8 Å². The van der Waals surface area contributed by atoms with Gasteiger partial charge in [-0.2, -0.15) is 0 Å². The molecular formula is C26H33F2NO. The molecular weight excluding hydrogens is 380 g/mol. The largest absolute Gasteiger partial charge is 0.292 e. The molecule has 1 unspecified atom stereocenters. The minimum Gasteiger partial charge on any atom is -0.292 e. The van der Waals surface area contributed by atoms with Gasteiger partial charge in [0, 0.05) is 18.6 Å². The van der Waals surface area contributed by atoms with Gasteiger partial charge in [-0.1, -0.05) is 69.3 Å². The number of alkyl halides is 2. The van der Waals surface area contributed by atoms with Crippen LogP contribution in [0.4, 0.5) is 8.78 Å². The third kappa shape index (κ3) is 6.32. The summed E-state index contributed by atoms with van der Waals surface area (Å²) < 4.78 is 27.5. The smallest absolute Gasteiger partial charge is 0.251 e. The summed E-state index contributed by atoms with van der Waals surface area (Å²) >= 11 is 0. The number of hydrogen-bond acceptors (Lipinski definition) is 2. The van der Waals surface area contributed by atoms with Crippen molar-refractivity contribution in [3.05, 3.63) is 72.4 Å². The topological polar surface area (TPSA) is 29.4 Å². The van der Waals surface area contributed by atoms with Gasteiger partial charge in [-0.25, -0.2) is 8.78 Å². The van der Waals surface area contributed by atoms with Crippen LogP contribution in [0.15, 0.2) is 71.8 Å². The molecule has 0 N–H and O–H groups in total. The Balaban J connectivity index is 2.14. The van der Waals surface area contributed by atoms with Crippen molar-refractivity contribution in [1.82, 2.24) is 0 Å². The van der Waals surface area contributed by atoms with Crippen molar-refractivity contribution in [2.45, 2.75) is 70.8 Å². The van der Waals surface area contributed by atoms with E-state index in [2.05, 4.69) is 37.2 Å². The van der Waals surface area contributed by atoms with Gasteiger partial charge in [-0.15, -0.1) is 6.58 Å². The van der Waals surface area contributed by atoms with Crippen LogP contribution in [-0.4, -0.2) is 23.5 Å².